The highest BCUT2D eigenvalue weighted by Gasteiger charge is 2.50. The molecule has 0 heterocycles. The highest BCUT2D eigenvalue weighted by molar-refractivity contribution is 6.93. The lowest BCUT2D eigenvalue weighted by atomic mass is 9.80. The van der Waals surface area contributed by atoms with Gasteiger partial charge in [0.25, 0.3) is 0 Å². The fourth-order valence-corrected chi connectivity index (χ4v) is 8.45. The van der Waals surface area contributed by atoms with Crippen LogP contribution in [-0.4, -0.2) is 30.5 Å². The lowest BCUT2D eigenvalue weighted by Gasteiger charge is -2.46. The molecule has 160 valence electrons. The summed E-state index contributed by atoms with van der Waals surface area (Å²) in [6.45, 7) is 6.87. The lowest BCUT2D eigenvalue weighted by Crippen LogP contribution is -2.57. The second-order valence-corrected chi connectivity index (χ2v) is 15.0. The monoisotopic (exact) mass is 412 g/mol. The Kier molecular flexibility index (Phi) is 7.65. The van der Waals surface area contributed by atoms with Crippen molar-refractivity contribution in [2.45, 2.75) is 101 Å². The first-order valence-electron chi connectivity index (χ1n) is 11.8. The van der Waals surface area contributed by atoms with Gasteiger partial charge in [-0.05, 0) is 44.4 Å². The van der Waals surface area contributed by atoms with E-state index in [0.29, 0.717) is 11.8 Å². The average Bonchev–Trinajstić information content (AvgIpc) is 2.78. The number of aliphatic hydroxyl groups is 2. The summed E-state index contributed by atoms with van der Waals surface area (Å²) in [5.41, 5.74) is 0. The van der Waals surface area contributed by atoms with Gasteiger partial charge >= 0.3 is 0 Å². The Balaban J connectivity index is 1.93. The maximum Gasteiger partial charge on any atom is 0.117 e. The molecule has 1 aromatic rings. The Morgan fingerprint density at radius 2 is 1.38 bits per heavy atom. The Morgan fingerprint density at radius 3 is 1.93 bits per heavy atom. The maximum atomic E-state index is 11.7. The van der Waals surface area contributed by atoms with Crippen molar-refractivity contribution in [2.24, 2.45) is 11.8 Å². The van der Waals surface area contributed by atoms with E-state index in [1.165, 1.54) is 43.7 Å². The lowest BCUT2D eigenvalue weighted by molar-refractivity contribution is 0.0618. The first-order valence-corrected chi connectivity index (χ1v) is 14.8. The average molecular weight is 413 g/mol. The highest BCUT2D eigenvalue weighted by atomic mass is 28.3. The van der Waals surface area contributed by atoms with Gasteiger partial charge in [-0.1, -0.05) is 99.0 Å². The normalized spacial score (nSPS) is 23.5. The third-order valence-corrected chi connectivity index (χ3v) is 12.9. The molecule has 0 amide bonds. The number of benzene rings is 1. The van der Waals surface area contributed by atoms with Crippen molar-refractivity contribution < 1.29 is 10.2 Å². The van der Waals surface area contributed by atoms with Crippen molar-refractivity contribution in [3.8, 4) is 11.8 Å². The summed E-state index contributed by atoms with van der Waals surface area (Å²) < 4.78 is 0. The van der Waals surface area contributed by atoms with E-state index in [-0.39, 0.29) is 0 Å². The van der Waals surface area contributed by atoms with Gasteiger partial charge in [0.1, 0.15) is 14.2 Å². The molecular weight excluding hydrogens is 372 g/mol. The molecule has 0 bridgehead atoms. The molecule has 29 heavy (non-hydrogen) atoms. The second kappa shape index (κ2) is 9.82. The highest BCUT2D eigenvalue weighted by Crippen LogP contribution is 2.46. The van der Waals surface area contributed by atoms with E-state index >= 15 is 0 Å². The molecule has 3 heteroatoms. The first kappa shape index (κ1) is 22.6. The van der Waals surface area contributed by atoms with Crippen LogP contribution in [-0.2, 0) is 0 Å². The van der Waals surface area contributed by atoms with Crippen LogP contribution in [0.1, 0.15) is 71.1 Å². The second-order valence-electron chi connectivity index (χ2n) is 10.1. The molecule has 0 radical (unpaired) electrons. The van der Waals surface area contributed by atoms with Crippen molar-refractivity contribution in [3.63, 3.8) is 0 Å². The van der Waals surface area contributed by atoms with Crippen LogP contribution < -0.4 is 5.19 Å². The van der Waals surface area contributed by atoms with Crippen LogP contribution in [0.25, 0.3) is 0 Å². The third kappa shape index (κ3) is 4.98. The summed E-state index contributed by atoms with van der Waals surface area (Å²) in [7, 11) is -2.13. The molecular formula is C26H40O2Si. The fraction of sp³-hybridized carbons (Fsp3) is 0.692. The van der Waals surface area contributed by atoms with Crippen molar-refractivity contribution in [1.29, 1.82) is 0 Å². The molecule has 0 saturated heterocycles. The molecule has 3 rings (SSSR count). The molecule has 0 aliphatic heterocycles. The van der Waals surface area contributed by atoms with Crippen LogP contribution in [0.3, 0.4) is 0 Å². The summed E-state index contributed by atoms with van der Waals surface area (Å²) in [5, 5.41) is 23.3. The molecule has 2 aliphatic rings. The summed E-state index contributed by atoms with van der Waals surface area (Å²) in [4.78, 5) is 0. The molecule has 0 spiro atoms. The molecule has 2 N–H and O–H groups in total. The Hall–Kier alpha value is -1.08. The van der Waals surface area contributed by atoms with E-state index in [0.717, 1.165) is 25.7 Å². The van der Waals surface area contributed by atoms with Gasteiger partial charge in [0.2, 0.25) is 0 Å². The minimum absolute atomic E-state index is 0.300. The van der Waals surface area contributed by atoms with Crippen LogP contribution in [0.5, 0.6) is 0 Å². The van der Waals surface area contributed by atoms with Gasteiger partial charge < -0.3 is 10.2 Å². The zero-order valence-corrected chi connectivity index (χ0v) is 19.7. The number of hydrogen-bond acceptors (Lipinski definition) is 2. The van der Waals surface area contributed by atoms with Crippen molar-refractivity contribution in [3.05, 3.63) is 30.3 Å². The maximum absolute atomic E-state index is 11.7. The van der Waals surface area contributed by atoms with Gasteiger partial charge in [-0.3, -0.25) is 0 Å². The Labute approximate surface area is 179 Å². The summed E-state index contributed by atoms with van der Waals surface area (Å²) >= 11 is 0. The molecule has 1 aromatic carbocycles. The van der Waals surface area contributed by atoms with Gasteiger partial charge in [0.05, 0.1) is 11.1 Å². The SMILES string of the molecule is CC(C#CC(O)C1CCCCC1)(C(O)C1CCCCC1)[Si](C)(C)c1ccccc1. The van der Waals surface area contributed by atoms with Gasteiger partial charge in [-0.25, -0.2) is 0 Å². The smallest absolute Gasteiger partial charge is 0.117 e. The zero-order valence-electron chi connectivity index (χ0n) is 18.7. The number of rotatable bonds is 5. The van der Waals surface area contributed by atoms with E-state index in [2.05, 4.69) is 62.2 Å². The van der Waals surface area contributed by atoms with Crippen molar-refractivity contribution in [2.75, 3.05) is 0 Å². The molecule has 2 fully saturated rings. The van der Waals surface area contributed by atoms with E-state index in [1.807, 2.05) is 0 Å². The minimum atomic E-state index is -2.13. The molecule has 2 aliphatic carbocycles. The van der Waals surface area contributed by atoms with E-state index in [9.17, 15) is 10.2 Å². The van der Waals surface area contributed by atoms with Crippen LogP contribution in [0.2, 0.25) is 18.1 Å². The van der Waals surface area contributed by atoms with Gasteiger partial charge in [0.15, 0.2) is 0 Å². The van der Waals surface area contributed by atoms with E-state index in [1.54, 1.807) is 0 Å². The Bertz CT molecular complexity index is 692. The van der Waals surface area contributed by atoms with Crippen LogP contribution in [0, 0.1) is 23.7 Å². The Morgan fingerprint density at radius 1 is 0.862 bits per heavy atom. The first-order chi connectivity index (χ1) is 13.9. The van der Waals surface area contributed by atoms with Gasteiger partial charge in [0, 0.05) is 0 Å². The van der Waals surface area contributed by atoms with Crippen LogP contribution in [0.15, 0.2) is 30.3 Å². The largest absolute Gasteiger partial charge is 0.392 e. The van der Waals surface area contributed by atoms with Gasteiger partial charge in [-0.15, -0.1) is 0 Å². The summed E-state index contributed by atoms with van der Waals surface area (Å²) in [5.74, 6) is 7.43. The quantitative estimate of drug-likeness (QED) is 0.512. The summed E-state index contributed by atoms with van der Waals surface area (Å²) in [6, 6.07) is 10.7. The van der Waals surface area contributed by atoms with Crippen molar-refractivity contribution >= 4 is 13.3 Å². The minimum Gasteiger partial charge on any atom is -0.392 e. The summed E-state index contributed by atoms with van der Waals surface area (Å²) in [6.07, 6.45) is 10.8. The molecule has 3 atom stereocenters. The van der Waals surface area contributed by atoms with E-state index in [4.69, 9.17) is 0 Å². The van der Waals surface area contributed by atoms with Gasteiger partial charge in [-0.2, -0.15) is 0 Å². The molecule has 3 unspecified atom stereocenters. The van der Waals surface area contributed by atoms with E-state index < -0.39 is 25.3 Å². The molecule has 2 saturated carbocycles. The van der Waals surface area contributed by atoms with Crippen LogP contribution >= 0.6 is 0 Å². The number of aliphatic hydroxyl groups excluding tert-OH is 2. The standard InChI is InChI=1S/C26H40O2Si/c1-26(25(28)22-15-9-5-10-16-22,29(2,3)23-17-11-6-12-18-23)20-19-24(27)21-13-7-4-8-14-21/h6,11-12,17-18,21-22,24-25,27-28H,4-5,7-10,13-16H2,1-3H3. The number of hydrogen-bond donors (Lipinski definition) is 2. The third-order valence-electron chi connectivity index (χ3n) is 8.06. The predicted molar refractivity (Wildman–Crippen MR) is 125 cm³/mol. The van der Waals surface area contributed by atoms with Crippen LogP contribution in [0.4, 0.5) is 0 Å². The van der Waals surface area contributed by atoms with Crippen molar-refractivity contribution in [1.82, 2.24) is 0 Å². The zero-order chi connectivity index (χ0) is 20.9. The molecule has 2 nitrogen and oxygen atoms in total. The fourth-order valence-electron chi connectivity index (χ4n) is 5.47. The topological polar surface area (TPSA) is 40.5 Å². The predicted octanol–water partition coefficient (Wildman–Crippen LogP) is 5.25. The molecule has 0 aromatic heterocycles.